The average Bonchev–Trinajstić information content (AvgIpc) is 2.14. The third kappa shape index (κ3) is 5.24. The minimum Gasteiger partial charge on any atom is -0.380 e. The molecule has 0 spiro atoms. The van der Waals surface area contributed by atoms with Crippen LogP contribution >= 0.6 is 0 Å². The number of rotatable bonds is 5. The lowest BCUT2D eigenvalue weighted by Gasteiger charge is -2.22. The molecule has 1 heterocycles. The molecule has 1 aliphatic heterocycles. The van der Waals surface area contributed by atoms with Crippen LogP contribution in [0.2, 0.25) is 0 Å². The van der Waals surface area contributed by atoms with Crippen LogP contribution in [0.3, 0.4) is 0 Å². The topological polar surface area (TPSA) is 24.5 Å². The fraction of sp³-hybridized carbons (Fsp3) is 1.00. The Bertz CT molecular complexity index is 122. The lowest BCUT2D eigenvalue weighted by atomic mass is 9.99. The van der Waals surface area contributed by atoms with Crippen LogP contribution in [0.25, 0.3) is 0 Å². The summed E-state index contributed by atoms with van der Waals surface area (Å²) in [4.78, 5) is 2.16. The Balaban J connectivity index is 1.92. The molecule has 3 nitrogen and oxygen atoms in total. The van der Waals surface area contributed by atoms with Crippen LogP contribution in [0.1, 0.15) is 12.8 Å². The summed E-state index contributed by atoms with van der Waals surface area (Å²) in [5, 5.41) is 3.36. The Hall–Kier alpha value is -0.120. The number of nitrogens with zero attached hydrogens (tertiary/aromatic N) is 1. The minimum absolute atomic E-state index is 0.795. The van der Waals surface area contributed by atoms with Crippen LogP contribution in [0.4, 0.5) is 0 Å². The largest absolute Gasteiger partial charge is 0.380 e. The molecule has 0 aromatic heterocycles. The molecule has 0 atom stereocenters. The summed E-state index contributed by atoms with van der Waals surface area (Å²) in [6, 6.07) is 0. The molecule has 0 saturated carbocycles. The summed E-state index contributed by atoms with van der Waals surface area (Å²) in [6.45, 7) is 5.20. The van der Waals surface area contributed by atoms with Gasteiger partial charge in [-0.05, 0) is 45.9 Å². The molecule has 1 aliphatic rings. The van der Waals surface area contributed by atoms with Crippen LogP contribution in [-0.4, -0.2) is 51.8 Å². The van der Waals surface area contributed by atoms with Crippen LogP contribution < -0.4 is 5.32 Å². The Labute approximate surface area is 81.4 Å². The van der Waals surface area contributed by atoms with Gasteiger partial charge in [0.05, 0.1) is 6.61 Å². The molecule has 3 heteroatoms. The molecule has 0 aromatic carbocycles. The van der Waals surface area contributed by atoms with E-state index < -0.39 is 0 Å². The summed E-state index contributed by atoms with van der Waals surface area (Å²) in [5.74, 6) is 0.795. The lowest BCUT2D eigenvalue weighted by molar-refractivity contribution is 0.0774. The third-order valence-electron chi connectivity index (χ3n) is 2.50. The van der Waals surface area contributed by atoms with Gasteiger partial charge in [0.1, 0.15) is 0 Å². The maximum absolute atomic E-state index is 5.61. The van der Waals surface area contributed by atoms with E-state index in [1.807, 2.05) is 0 Å². The van der Waals surface area contributed by atoms with Gasteiger partial charge in [0.15, 0.2) is 0 Å². The Kier molecular flexibility index (Phi) is 5.35. The highest BCUT2D eigenvalue weighted by Crippen LogP contribution is 2.11. The van der Waals surface area contributed by atoms with E-state index in [1.54, 1.807) is 0 Å². The standard InChI is InChI=1S/C10H22N2O/c1-12(2)7-8-13-9-10-3-5-11-6-4-10/h10-11H,3-9H2,1-2H3. The molecule has 78 valence electrons. The maximum Gasteiger partial charge on any atom is 0.0593 e. The molecule has 0 aromatic rings. The van der Waals surface area contributed by atoms with Gasteiger partial charge in [-0.1, -0.05) is 0 Å². The van der Waals surface area contributed by atoms with Crippen molar-refractivity contribution in [2.75, 3.05) is 46.9 Å². The van der Waals surface area contributed by atoms with Crippen molar-refractivity contribution in [3.8, 4) is 0 Å². The van der Waals surface area contributed by atoms with Gasteiger partial charge in [-0.25, -0.2) is 0 Å². The summed E-state index contributed by atoms with van der Waals surface area (Å²) in [5.41, 5.74) is 0. The van der Waals surface area contributed by atoms with Crippen molar-refractivity contribution in [1.82, 2.24) is 10.2 Å². The quantitative estimate of drug-likeness (QED) is 0.635. The van der Waals surface area contributed by atoms with Crippen molar-refractivity contribution in [3.63, 3.8) is 0 Å². The second kappa shape index (κ2) is 6.35. The first kappa shape index (κ1) is 11.0. The molecule has 1 rings (SSSR count). The van der Waals surface area contributed by atoms with E-state index in [-0.39, 0.29) is 0 Å². The molecule has 0 unspecified atom stereocenters. The zero-order valence-corrected chi connectivity index (χ0v) is 8.88. The molecule has 0 bridgehead atoms. The minimum atomic E-state index is 0.795. The van der Waals surface area contributed by atoms with Gasteiger partial charge in [-0.3, -0.25) is 0 Å². The van der Waals surface area contributed by atoms with Gasteiger partial charge in [0.2, 0.25) is 0 Å². The first-order valence-electron chi connectivity index (χ1n) is 5.22. The van der Waals surface area contributed by atoms with E-state index >= 15 is 0 Å². The summed E-state index contributed by atoms with van der Waals surface area (Å²) < 4.78 is 5.61. The van der Waals surface area contributed by atoms with Gasteiger partial charge in [0, 0.05) is 13.2 Å². The van der Waals surface area contributed by atoms with Crippen molar-refractivity contribution in [1.29, 1.82) is 0 Å². The van der Waals surface area contributed by atoms with Crippen LogP contribution in [0.15, 0.2) is 0 Å². The molecular weight excluding hydrogens is 164 g/mol. The van der Waals surface area contributed by atoms with Crippen LogP contribution in [0.5, 0.6) is 0 Å². The van der Waals surface area contributed by atoms with Crippen molar-refractivity contribution in [2.24, 2.45) is 5.92 Å². The predicted octanol–water partition coefficient (Wildman–Crippen LogP) is 0.564. The third-order valence-corrected chi connectivity index (χ3v) is 2.50. The molecular formula is C10H22N2O. The SMILES string of the molecule is CN(C)CCOCC1CCNCC1. The fourth-order valence-electron chi connectivity index (χ4n) is 1.55. The van der Waals surface area contributed by atoms with Gasteiger partial charge >= 0.3 is 0 Å². The van der Waals surface area contributed by atoms with Crippen LogP contribution in [-0.2, 0) is 4.74 Å². The van der Waals surface area contributed by atoms with Crippen molar-refractivity contribution >= 4 is 0 Å². The van der Waals surface area contributed by atoms with Crippen molar-refractivity contribution in [3.05, 3.63) is 0 Å². The van der Waals surface area contributed by atoms with E-state index in [1.165, 1.54) is 25.9 Å². The molecule has 1 fully saturated rings. The zero-order chi connectivity index (χ0) is 9.52. The van der Waals surface area contributed by atoms with Crippen molar-refractivity contribution in [2.45, 2.75) is 12.8 Å². The number of piperidine rings is 1. The Morgan fingerprint density at radius 3 is 2.62 bits per heavy atom. The molecule has 1 N–H and O–H groups in total. The van der Waals surface area contributed by atoms with E-state index in [2.05, 4.69) is 24.3 Å². The molecule has 0 amide bonds. The molecule has 13 heavy (non-hydrogen) atoms. The number of hydrogen-bond donors (Lipinski definition) is 1. The fourth-order valence-corrected chi connectivity index (χ4v) is 1.55. The normalized spacial score (nSPS) is 19.6. The highest BCUT2D eigenvalue weighted by Gasteiger charge is 2.12. The first-order chi connectivity index (χ1) is 6.29. The lowest BCUT2D eigenvalue weighted by Crippen LogP contribution is -2.30. The summed E-state index contributed by atoms with van der Waals surface area (Å²) in [6.07, 6.45) is 2.56. The van der Waals surface area contributed by atoms with Gasteiger partial charge in [0.25, 0.3) is 0 Å². The van der Waals surface area contributed by atoms with E-state index in [4.69, 9.17) is 4.74 Å². The van der Waals surface area contributed by atoms with Gasteiger partial charge < -0.3 is 15.0 Å². The second-order valence-electron chi connectivity index (χ2n) is 4.07. The molecule has 0 aliphatic carbocycles. The highest BCUT2D eigenvalue weighted by atomic mass is 16.5. The Morgan fingerprint density at radius 1 is 1.31 bits per heavy atom. The van der Waals surface area contributed by atoms with Gasteiger partial charge in [-0.15, -0.1) is 0 Å². The average molecular weight is 186 g/mol. The number of likely N-dealkylation sites (N-methyl/N-ethyl adjacent to an activating group) is 1. The Morgan fingerprint density at radius 2 is 2.00 bits per heavy atom. The first-order valence-corrected chi connectivity index (χ1v) is 5.22. The maximum atomic E-state index is 5.61. The second-order valence-corrected chi connectivity index (χ2v) is 4.07. The zero-order valence-electron chi connectivity index (χ0n) is 8.88. The number of ether oxygens (including phenoxy) is 1. The smallest absolute Gasteiger partial charge is 0.0593 e. The van der Waals surface area contributed by atoms with Crippen LogP contribution in [0, 0.1) is 5.92 Å². The van der Waals surface area contributed by atoms with E-state index in [0.29, 0.717) is 0 Å². The predicted molar refractivity (Wildman–Crippen MR) is 55.0 cm³/mol. The summed E-state index contributed by atoms with van der Waals surface area (Å²) in [7, 11) is 4.15. The van der Waals surface area contributed by atoms with Gasteiger partial charge in [-0.2, -0.15) is 0 Å². The summed E-state index contributed by atoms with van der Waals surface area (Å²) >= 11 is 0. The highest BCUT2D eigenvalue weighted by molar-refractivity contribution is 4.67. The monoisotopic (exact) mass is 186 g/mol. The van der Waals surface area contributed by atoms with Crippen molar-refractivity contribution < 1.29 is 4.74 Å². The molecule has 1 saturated heterocycles. The van der Waals surface area contributed by atoms with E-state index in [9.17, 15) is 0 Å². The number of nitrogens with one attached hydrogen (secondary N) is 1. The van der Waals surface area contributed by atoms with E-state index in [0.717, 1.165) is 25.7 Å². The number of hydrogen-bond acceptors (Lipinski definition) is 3. The molecule has 0 radical (unpaired) electrons.